The van der Waals surface area contributed by atoms with Crippen LogP contribution in [0.1, 0.15) is 58.9 Å². The molecule has 2 N–H and O–H groups in total. The number of aromatic nitrogens is 1. The zero-order valence-electron chi connectivity index (χ0n) is 16.0. The van der Waals surface area contributed by atoms with E-state index < -0.39 is 17.7 Å². The average molecular weight is 361 g/mol. The van der Waals surface area contributed by atoms with Gasteiger partial charge in [-0.3, -0.25) is 14.6 Å². The first-order valence-corrected chi connectivity index (χ1v) is 8.81. The number of ether oxygens (including phenoxy) is 1. The van der Waals surface area contributed by atoms with E-state index in [2.05, 4.69) is 15.6 Å². The Morgan fingerprint density at radius 2 is 1.96 bits per heavy atom. The molecule has 1 saturated carbocycles. The zero-order chi connectivity index (χ0) is 19.5. The van der Waals surface area contributed by atoms with E-state index in [4.69, 9.17) is 4.74 Å². The number of pyridine rings is 1. The van der Waals surface area contributed by atoms with Gasteiger partial charge in [-0.25, -0.2) is 4.79 Å². The molecule has 1 heterocycles. The number of ketones is 1. The summed E-state index contributed by atoms with van der Waals surface area (Å²) in [4.78, 5) is 40.1. The van der Waals surface area contributed by atoms with Gasteiger partial charge < -0.3 is 15.4 Å². The molecule has 1 aliphatic rings. The summed E-state index contributed by atoms with van der Waals surface area (Å²) in [6.07, 6.45) is 3.79. The van der Waals surface area contributed by atoms with Crippen molar-refractivity contribution in [3.63, 3.8) is 0 Å². The Hall–Kier alpha value is -2.44. The maximum Gasteiger partial charge on any atom is 0.408 e. The van der Waals surface area contributed by atoms with Gasteiger partial charge in [0.2, 0.25) is 5.91 Å². The van der Waals surface area contributed by atoms with Gasteiger partial charge in [0.15, 0.2) is 5.78 Å². The van der Waals surface area contributed by atoms with Crippen LogP contribution in [0, 0.1) is 5.92 Å². The highest BCUT2D eigenvalue weighted by Gasteiger charge is 2.37. The zero-order valence-corrected chi connectivity index (χ0v) is 16.0. The fourth-order valence-corrected chi connectivity index (χ4v) is 3.27. The summed E-state index contributed by atoms with van der Waals surface area (Å²) in [7, 11) is 0. The van der Waals surface area contributed by atoms with E-state index in [0.717, 1.165) is 5.56 Å². The van der Waals surface area contributed by atoms with Crippen LogP contribution in [0.25, 0.3) is 0 Å². The van der Waals surface area contributed by atoms with Crippen LogP contribution in [0.4, 0.5) is 10.5 Å². The van der Waals surface area contributed by atoms with Crippen molar-refractivity contribution in [1.29, 1.82) is 0 Å². The minimum atomic E-state index is -0.628. The normalized spacial score (nSPS) is 23.3. The number of anilines is 1. The second kappa shape index (κ2) is 7.85. The van der Waals surface area contributed by atoms with Crippen molar-refractivity contribution < 1.29 is 19.1 Å². The number of rotatable bonds is 3. The lowest BCUT2D eigenvalue weighted by atomic mass is 9.75. The number of nitrogens with zero attached hydrogens (tertiary/aromatic N) is 1. The van der Waals surface area contributed by atoms with Crippen LogP contribution in [0.15, 0.2) is 18.5 Å². The molecule has 0 radical (unpaired) electrons. The van der Waals surface area contributed by atoms with E-state index >= 15 is 0 Å². The standard InChI is InChI=1S/C19H27N3O4/c1-11-8-13(14-6-7-20-10-16(14)21-12(2)23)9-15(17(11)24)22-18(25)26-19(3,4)5/h6-7,10-11,13,15H,8-9H2,1-5H3,(H,21,23)(H,22,25)/t11-,13+,15+/m0/s1. The van der Waals surface area contributed by atoms with Gasteiger partial charge in [0.25, 0.3) is 0 Å². The van der Waals surface area contributed by atoms with Crippen molar-refractivity contribution in [2.24, 2.45) is 5.92 Å². The summed E-state index contributed by atoms with van der Waals surface area (Å²) in [6, 6.07) is 1.24. The van der Waals surface area contributed by atoms with Crippen LogP contribution in [0.2, 0.25) is 0 Å². The van der Waals surface area contributed by atoms with E-state index in [0.29, 0.717) is 18.5 Å². The monoisotopic (exact) mass is 361 g/mol. The van der Waals surface area contributed by atoms with Crippen molar-refractivity contribution in [2.75, 3.05) is 5.32 Å². The van der Waals surface area contributed by atoms with E-state index in [1.165, 1.54) is 6.92 Å². The quantitative estimate of drug-likeness (QED) is 0.862. The number of nitrogens with one attached hydrogen (secondary N) is 2. The molecule has 2 amide bonds. The Balaban J connectivity index is 2.18. The smallest absolute Gasteiger partial charge is 0.408 e. The maximum absolute atomic E-state index is 12.5. The molecule has 0 aliphatic heterocycles. The molecule has 1 aromatic rings. The number of hydrogen-bond acceptors (Lipinski definition) is 5. The van der Waals surface area contributed by atoms with Crippen LogP contribution in [-0.4, -0.2) is 34.4 Å². The van der Waals surface area contributed by atoms with Gasteiger partial charge in [-0.1, -0.05) is 6.92 Å². The SMILES string of the molecule is CC(=O)Nc1cnccc1[C@@H]1C[C@H](C)C(=O)[C@H](NC(=O)OC(C)(C)C)C1. The molecule has 0 saturated heterocycles. The van der Waals surface area contributed by atoms with E-state index in [1.54, 1.807) is 33.2 Å². The second-order valence-corrected chi connectivity index (χ2v) is 7.81. The first-order chi connectivity index (χ1) is 12.1. The highest BCUT2D eigenvalue weighted by atomic mass is 16.6. The van der Waals surface area contributed by atoms with E-state index in [-0.39, 0.29) is 23.5 Å². The summed E-state index contributed by atoms with van der Waals surface area (Å²) in [5, 5.41) is 5.49. The Kier molecular flexibility index (Phi) is 6.00. The van der Waals surface area contributed by atoms with Gasteiger partial charge in [0.05, 0.1) is 17.9 Å². The summed E-state index contributed by atoms with van der Waals surface area (Å²) < 4.78 is 5.27. The second-order valence-electron chi connectivity index (χ2n) is 7.81. The maximum atomic E-state index is 12.5. The molecule has 142 valence electrons. The molecule has 1 aromatic heterocycles. The third kappa shape index (κ3) is 5.28. The molecule has 26 heavy (non-hydrogen) atoms. The van der Waals surface area contributed by atoms with Crippen molar-refractivity contribution in [3.05, 3.63) is 24.0 Å². The van der Waals surface area contributed by atoms with Gasteiger partial charge in [-0.05, 0) is 51.2 Å². The fraction of sp³-hybridized carbons (Fsp3) is 0.579. The first kappa shape index (κ1) is 19.9. The molecular formula is C19H27N3O4. The average Bonchev–Trinajstić information content (AvgIpc) is 2.49. The van der Waals surface area contributed by atoms with Crippen LogP contribution < -0.4 is 10.6 Å². The summed E-state index contributed by atoms with van der Waals surface area (Å²) in [5.41, 5.74) is 0.935. The summed E-state index contributed by atoms with van der Waals surface area (Å²) >= 11 is 0. The largest absolute Gasteiger partial charge is 0.444 e. The minimum Gasteiger partial charge on any atom is -0.444 e. The Morgan fingerprint density at radius 3 is 2.58 bits per heavy atom. The minimum absolute atomic E-state index is 0.00208. The lowest BCUT2D eigenvalue weighted by Crippen LogP contribution is -2.48. The predicted octanol–water partition coefficient (Wildman–Crippen LogP) is 3.02. The van der Waals surface area contributed by atoms with Gasteiger partial charge in [-0.15, -0.1) is 0 Å². The van der Waals surface area contributed by atoms with Crippen LogP contribution in [-0.2, 0) is 14.3 Å². The highest BCUT2D eigenvalue weighted by molar-refractivity contribution is 5.91. The Morgan fingerprint density at radius 1 is 1.27 bits per heavy atom. The predicted molar refractivity (Wildman–Crippen MR) is 97.8 cm³/mol. The van der Waals surface area contributed by atoms with Crippen molar-refractivity contribution >= 4 is 23.5 Å². The molecule has 0 spiro atoms. The van der Waals surface area contributed by atoms with Gasteiger partial charge >= 0.3 is 6.09 Å². The third-order valence-electron chi connectivity index (χ3n) is 4.28. The van der Waals surface area contributed by atoms with Gasteiger partial charge in [0.1, 0.15) is 5.60 Å². The van der Waals surface area contributed by atoms with E-state index in [1.807, 2.05) is 13.0 Å². The van der Waals surface area contributed by atoms with Crippen LogP contribution >= 0.6 is 0 Å². The topological polar surface area (TPSA) is 97.4 Å². The number of hydrogen-bond donors (Lipinski definition) is 2. The molecular weight excluding hydrogens is 334 g/mol. The molecule has 2 rings (SSSR count). The summed E-state index contributed by atoms with van der Waals surface area (Å²) in [6.45, 7) is 8.63. The van der Waals surface area contributed by atoms with Gasteiger partial charge in [-0.2, -0.15) is 0 Å². The first-order valence-electron chi connectivity index (χ1n) is 8.81. The van der Waals surface area contributed by atoms with Crippen molar-refractivity contribution in [3.8, 4) is 0 Å². The molecule has 3 atom stereocenters. The summed E-state index contributed by atoms with van der Waals surface area (Å²) in [5.74, 6) is -0.357. The number of carbonyl (C=O) groups is 3. The van der Waals surface area contributed by atoms with E-state index in [9.17, 15) is 14.4 Å². The molecule has 1 aliphatic carbocycles. The molecule has 0 bridgehead atoms. The number of carbonyl (C=O) groups excluding carboxylic acids is 3. The van der Waals surface area contributed by atoms with Crippen molar-refractivity contribution in [2.45, 2.75) is 65.0 Å². The van der Waals surface area contributed by atoms with Crippen LogP contribution in [0.3, 0.4) is 0 Å². The number of alkyl carbamates (subject to hydrolysis) is 1. The molecule has 0 unspecified atom stereocenters. The Labute approximate surface area is 153 Å². The van der Waals surface area contributed by atoms with Crippen LogP contribution in [0.5, 0.6) is 0 Å². The molecule has 7 heteroatoms. The number of Topliss-reactive ketones (excluding diaryl/α,β-unsaturated/α-hetero) is 1. The lowest BCUT2D eigenvalue weighted by Gasteiger charge is -2.34. The third-order valence-corrected chi connectivity index (χ3v) is 4.28. The van der Waals surface area contributed by atoms with Crippen molar-refractivity contribution in [1.82, 2.24) is 10.3 Å². The fourth-order valence-electron chi connectivity index (χ4n) is 3.27. The lowest BCUT2D eigenvalue weighted by molar-refractivity contribution is -0.126. The van der Waals surface area contributed by atoms with Gasteiger partial charge in [0, 0.05) is 19.0 Å². The molecule has 0 aromatic carbocycles. The molecule has 7 nitrogen and oxygen atoms in total. The number of amides is 2. The highest BCUT2D eigenvalue weighted by Crippen LogP contribution is 2.37. The Bertz CT molecular complexity index is 696. The molecule has 1 fully saturated rings.